The van der Waals surface area contributed by atoms with E-state index in [0.717, 1.165) is 11.3 Å². The van der Waals surface area contributed by atoms with Gasteiger partial charge in [-0.25, -0.2) is 4.98 Å². The maximum Gasteiger partial charge on any atom is 0.269 e. The highest BCUT2D eigenvalue weighted by atomic mass is 32.1. The molecule has 0 atom stereocenters. The third kappa shape index (κ3) is 3.85. The number of nitrogens with zero attached hydrogens (tertiary/aromatic N) is 3. The first-order valence-electron chi connectivity index (χ1n) is 8.12. The van der Waals surface area contributed by atoms with Crippen molar-refractivity contribution in [1.29, 1.82) is 0 Å². The monoisotopic (exact) mass is 388 g/mol. The van der Waals surface area contributed by atoms with E-state index in [9.17, 15) is 24.5 Å². The minimum absolute atomic E-state index is 0.0532. The molecule has 9 nitrogen and oxygen atoms in total. The SMILES string of the molecule is CC(=O)c1sc(NC(=O)CN2C(=O)CCc3cc([N+](=O)[O-])ccc32)nc1C. The van der Waals surface area contributed by atoms with Gasteiger partial charge in [-0.3, -0.25) is 24.5 Å². The van der Waals surface area contributed by atoms with E-state index >= 15 is 0 Å². The molecule has 140 valence electrons. The van der Waals surface area contributed by atoms with Crippen molar-refractivity contribution < 1.29 is 19.3 Å². The predicted octanol–water partition coefficient (Wildman–Crippen LogP) is 2.48. The standard InChI is InChI=1S/C17H16N4O5S/c1-9-16(10(2)22)27-17(18-9)19-14(23)8-20-13-5-4-12(21(25)26)7-11(13)3-6-15(20)24/h4-5,7H,3,6,8H2,1-2H3,(H,18,19,23). The molecule has 0 bridgehead atoms. The van der Waals surface area contributed by atoms with E-state index in [-0.39, 0.29) is 35.5 Å². The molecule has 0 saturated heterocycles. The lowest BCUT2D eigenvalue weighted by atomic mass is 10.0. The zero-order valence-electron chi connectivity index (χ0n) is 14.6. The molecule has 0 saturated carbocycles. The van der Waals surface area contributed by atoms with Crippen LogP contribution in [0.4, 0.5) is 16.5 Å². The predicted molar refractivity (Wildman–Crippen MR) is 99.3 cm³/mol. The maximum atomic E-state index is 12.4. The van der Waals surface area contributed by atoms with Crippen LogP contribution >= 0.6 is 11.3 Å². The second-order valence-corrected chi connectivity index (χ2v) is 7.09. The molecule has 1 aromatic heterocycles. The van der Waals surface area contributed by atoms with Crippen molar-refractivity contribution in [3.63, 3.8) is 0 Å². The van der Waals surface area contributed by atoms with Crippen LogP contribution in [0.25, 0.3) is 0 Å². The number of fused-ring (bicyclic) bond motifs is 1. The van der Waals surface area contributed by atoms with Gasteiger partial charge in [-0.2, -0.15) is 0 Å². The van der Waals surface area contributed by atoms with Gasteiger partial charge in [0.15, 0.2) is 10.9 Å². The Morgan fingerprint density at radius 1 is 1.37 bits per heavy atom. The summed E-state index contributed by atoms with van der Waals surface area (Å²) in [6.45, 7) is 2.87. The summed E-state index contributed by atoms with van der Waals surface area (Å²) in [6, 6.07) is 4.22. The zero-order valence-corrected chi connectivity index (χ0v) is 15.5. The Morgan fingerprint density at radius 3 is 2.74 bits per heavy atom. The summed E-state index contributed by atoms with van der Waals surface area (Å²) in [6.07, 6.45) is 0.563. The third-order valence-electron chi connectivity index (χ3n) is 4.14. The maximum absolute atomic E-state index is 12.4. The topological polar surface area (TPSA) is 123 Å². The minimum Gasteiger partial charge on any atom is -0.303 e. The van der Waals surface area contributed by atoms with Gasteiger partial charge in [-0.05, 0) is 25.0 Å². The van der Waals surface area contributed by atoms with E-state index < -0.39 is 10.8 Å². The first-order valence-corrected chi connectivity index (χ1v) is 8.94. The number of nitrogens with one attached hydrogen (secondary N) is 1. The Morgan fingerprint density at radius 2 is 2.11 bits per heavy atom. The number of aromatic nitrogens is 1. The highest BCUT2D eigenvalue weighted by Crippen LogP contribution is 2.31. The van der Waals surface area contributed by atoms with Crippen LogP contribution in [0.5, 0.6) is 0 Å². The molecule has 0 aliphatic carbocycles. The Bertz CT molecular complexity index is 968. The smallest absolute Gasteiger partial charge is 0.269 e. The van der Waals surface area contributed by atoms with Gasteiger partial charge in [-0.1, -0.05) is 11.3 Å². The number of ketones is 1. The van der Waals surface area contributed by atoms with Gasteiger partial charge >= 0.3 is 0 Å². The van der Waals surface area contributed by atoms with Crippen molar-refractivity contribution in [2.24, 2.45) is 0 Å². The van der Waals surface area contributed by atoms with Gasteiger partial charge in [0.2, 0.25) is 11.8 Å². The fourth-order valence-corrected chi connectivity index (χ4v) is 3.79. The fraction of sp³-hybridized carbons (Fsp3) is 0.294. The minimum atomic E-state index is -0.495. The number of amides is 2. The summed E-state index contributed by atoms with van der Waals surface area (Å²) in [5, 5.41) is 13.8. The quantitative estimate of drug-likeness (QED) is 0.477. The summed E-state index contributed by atoms with van der Waals surface area (Å²) in [5.74, 6) is -0.822. The van der Waals surface area contributed by atoms with Crippen LogP contribution in [0.1, 0.15) is 34.3 Å². The number of thiazole rings is 1. The molecule has 10 heteroatoms. The van der Waals surface area contributed by atoms with Gasteiger partial charge in [-0.15, -0.1) is 0 Å². The van der Waals surface area contributed by atoms with Crippen LogP contribution in [0.2, 0.25) is 0 Å². The number of aryl methyl sites for hydroxylation is 2. The number of carbonyl (C=O) groups excluding carboxylic acids is 3. The molecule has 0 radical (unpaired) electrons. The third-order valence-corrected chi connectivity index (χ3v) is 5.31. The van der Waals surface area contributed by atoms with Crippen LogP contribution in [-0.2, 0) is 16.0 Å². The van der Waals surface area contributed by atoms with Gasteiger partial charge < -0.3 is 10.2 Å². The van der Waals surface area contributed by atoms with E-state index in [4.69, 9.17) is 0 Å². The van der Waals surface area contributed by atoms with Crippen molar-refractivity contribution in [3.8, 4) is 0 Å². The number of nitro benzene ring substituents is 1. The fourth-order valence-electron chi connectivity index (χ4n) is 2.91. The zero-order chi connectivity index (χ0) is 19.7. The summed E-state index contributed by atoms with van der Waals surface area (Å²) < 4.78 is 0. The summed E-state index contributed by atoms with van der Waals surface area (Å²) in [7, 11) is 0. The van der Waals surface area contributed by atoms with E-state index in [1.165, 1.54) is 30.0 Å². The number of anilines is 2. The van der Waals surface area contributed by atoms with Crippen molar-refractivity contribution in [1.82, 2.24) is 4.98 Å². The molecule has 0 spiro atoms. The lowest BCUT2D eigenvalue weighted by Crippen LogP contribution is -2.40. The molecule has 2 heterocycles. The van der Waals surface area contributed by atoms with Crippen molar-refractivity contribution >= 4 is 45.4 Å². The highest BCUT2D eigenvalue weighted by Gasteiger charge is 2.27. The molecule has 3 rings (SSSR count). The van der Waals surface area contributed by atoms with E-state index in [1.54, 1.807) is 6.92 Å². The summed E-state index contributed by atoms with van der Waals surface area (Å²) in [5.41, 5.74) is 1.63. The average molecular weight is 388 g/mol. The van der Waals surface area contributed by atoms with Gasteiger partial charge in [0.1, 0.15) is 6.54 Å². The van der Waals surface area contributed by atoms with Crippen LogP contribution in [0.15, 0.2) is 18.2 Å². The number of benzene rings is 1. The van der Waals surface area contributed by atoms with Crippen LogP contribution < -0.4 is 10.2 Å². The van der Waals surface area contributed by atoms with Crippen LogP contribution in [0, 0.1) is 17.0 Å². The molecule has 1 aliphatic rings. The molecule has 1 aromatic carbocycles. The Labute approximate surface area is 158 Å². The molecule has 27 heavy (non-hydrogen) atoms. The van der Waals surface area contributed by atoms with E-state index in [0.29, 0.717) is 28.2 Å². The number of nitro groups is 1. The lowest BCUT2D eigenvalue weighted by molar-refractivity contribution is -0.384. The number of hydrogen-bond donors (Lipinski definition) is 1. The number of non-ortho nitro benzene ring substituents is 1. The molecule has 1 N–H and O–H groups in total. The molecule has 0 unspecified atom stereocenters. The van der Waals surface area contributed by atoms with E-state index in [2.05, 4.69) is 10.3 Å². The summed E-state index contributed by atoms with van der Waals surface area (Å²) >= 11 is 1.08. The van der Waals surface area contributed by atoms with Crippen LogP contribution in [0.3, 0.4) is 0 Å². The normalized spacial score (nSPS) is 13.3. The number of Topliss-reactive ketones (excluding diaryl/α,β-unsaturated/α-hetero) is 1. The Kier molecular flexibility index (Phi) is 5.00. The molecule has 0 fully saturated rings. The van der Waals surface area contributed by atoms with Crippen molar-refractivity contribution in [2.75, 3.05) is 16.8 Å². The largest absolute Gasteiger partial charge is 0.303 e. The van der Waals surface area contributed by atoms with Crippen LogP contribution in [-0.4, -0.2) is 34.0 Å². The molecule has 2 aromatic rings. The Hall–Kier alpha value is -3.14. The molecule has 1 aliphatic heterocycles. The van der Waals surface area contributed by atoms with Gasteiger partial charge in [0.05, 0.1) is 15.5 Å². The molecule has 2 amide bonds. The number of hydrogen-bond acceptors (Lipinski definition) is 7. The highest BCUT2D eigenvalue weighted by molar-refractivity contribution is 7.17. The second kappa shape index (κ2) is 7.23. The van der Waals surface area contributed by atoms with Gasteiger partial charge in [0.25, 0.3) is 5.69 Å². The van der Waals surface area contributed by atoms with Gasteiger partial charge in [0, 0.05) is 31.2 Å². The lowest BCUT2D eigenvalue weighted by Gasteiger charge is -2.28. The van der Waals surface area contributed by atoms with Crippen molar-refractivity contribution in [2.45, 2.75) is 26.7 Å². The second-order valence-electron chi connectivity index (χ2n) is 6.09. The number of carbonyl (C=O) groups is 3. The Balaban J connectivity index is 1.78. The average Bonchev–Trinajstić information content (AvgIpc) is 2.97. The summed E-state index contributed by atoms with van der Waals surface area (Å²) in [4.78, 5) is 52.5. The van der Waals surface area contributed by atoms with E-state index in [1.807, 2.05) is 0 Å². The van der Waals surface area contributed by atoms with Crippen molar-refractivity contribution in [3.05, 3.63) is 44.4 Å². The molecular weight excluding hydrogens is 372 g/mol. The molecular formula is C17H16N4O5S. The first-order chi connectivity index (χ1) is 12.8. The first kappa shape index (κ1) is 18.6. The number of rotatable bonds is 5.